The van der Waals surface area contributed by atoms with Crippen LogP contribution in [0.4, 0.5) is 5.69 Å². The normalized spacial score (nSPS) is 18.7. The molecule has 0 aromatic heterocycles. The predicted octanol–water partition coefficient (Wildman–Crippen LogP) is 3.47. The third-order valence-electron chi connectivity index (χ3n) is 5.18. The Bertz CT molecular complexity index is 1070. The smallest absolute Gasteiger partial charge is 0.265 e. The van der Waals surface area contributed by atoms with E-state index >= 15 is 0 Å². The number of halogens is 1. The van der Waals surface area contributed by atoms with Gasteiger partial charge in [0.1, 0.15) is 16.4 Å². The van der Waals surface area contributed by atoms with Gasteiger partial charge in [-0.15, -0.1) is 0 Å². The molecule has 30 heavy (non-hydrogen) atoms. The van der Waals surface area contributed by atoms with Crippen LogP contribution in [-0.4, -0.2) is 44.4 Å². The van der Waals surface area contributed by atoms with Gasteiger partial charge in [0.25, 0.3) is 5.91 Å². The molecular formula is C21H23ClN2O5S. The lowest BCUT2D eigenvalue weighted by Gasteiger charge is -2.19. The predicted molar refractivity (Wildman–Crippen MR) is 114 cm³/mol. The van der Waals surface area contributed by atoms with Crippen molar-refractivity contribution in [1.82, 2.24) is 4.31 Å². The Kier molecular flexibility index (Phi) is 5.90. The molecule has 2 aromatic rings. The summed E-state index contributed by atoms with van der Waals surface area (Å²) in [7, 11) is -3.71. The fourth-order valence-electron chi connectivity index (χ4n) is 3.72. The van der Waals surface area contributed by atoms with Crippen molar-refractivity contribution in [3.05, 3.63) is 47.0 Å². The van der Waals surface area contributed by atoms with Crippen LogP contribution in [0.5, 0.6) is 11.5 Å². The summed E-state index contributed by atoms with van der Waals surface area (Å²) in [6.45, 7) is 3.11. The van der Waals surface area contributed by atoms with E-state index in [1.165, 1.54) is 10.4 Å². The standard InChI is InChI=1S/C21H23ClN2O5S/c1-2-28-18-8-6-16(13-20(18)30(26,27)24-9-3-4-10-24)23-21(25)19-12-14-11-15(22)5-7-17(14)29-19/h5-8,11,13,19H,2-4,9-10,12H2,1H3,(H,23,25). The maximum atomic E-state index is 13.1. The number of hydrogen-bond acceptors (Lipinski definition) is 5. The maximum Gasteiger partial charge on any atom is 0.265 e. The summed E-state index contributed by atoms with van der Waals surface area (Å²) in [4.78, 5) is 12.8. The van der Waals surface area contributed by atoms with E-state index in [-0.39, 0.29) is 16.6 Å². The van der Waals surface area contributed by atoms with Crippen LogP contribution in [0, 0.1) is 0 Å². The van der Waals surface area contributed by atoms with Crippen LogP contribution in [0.25, 0.3) is 0 Å². The number of nitrogens with one attached hydrogen (secondary N) is 1. The Hall–Kier alpha value is -2.29. The fourth-order valence-corrected chi connectivity index (χ4v) is 5.58. The third kappa shape index (κ3) is 4.12. The molecular weight excluding hydrogens is 428 g/mol. The molecule has 2 aliphatic heterocycles. The van der Waals surface area contributed by atoms with Crippen molar-refractivity contribution in [2.75, 3.05) is 25.0 Å². The Labute approximate surface area is 181 Å². The number of fused-ring (bicyclic) bond motifs is 1. The van der Waals surface area contributed by atoms with E-state index in [1.54, 1.807) is 37.3 Å². The van der Waals surface area contributed by atoms with E-state index in [0.29, 0.717) is 42.6 Å². The molecule has 0 bridgehead atoms. The molecule has 7 nitrogen and oxygen atoms in total. The van der Waals surface area contributed by atoms with E-state index in [1.807, 2.05) is 0 Å². The highest BCUT2D eigenvalue weighted by molar-refractivity contribution is 7.89. The number of ether oxygens (including phenoxy) is 2. The van der Waals surface area contributed by atoms with E-state index < -0.39 is 16.1 Å². The first kappa shape index (κ1) is 21.0. The second-order valence-electron chi connectivity index (χ2n) is 7.26. The number of carbonyl (C=O) groups is 1. The molecule has 2 heterocycles. The van der Waals surface area contributed by atoms with Crippen LogP contribution in [0.3, 0.4) is 0 Å². The van der Waals surface area contributed by atoms with Crippen molar-refractivity contribution >= 4 is 33.2 Å². The van der Waals surface area contributed by atoms with Crippen molar-refractivity contribution < 1.29 is 22.7 Å². The first-order valence-corrected chi connectivity index (χ1v) is 11.7. The summed E-state index contributed by atoms with van der Waals surface area (Å²) in [6.07, 6.45) is 1.37. The zero-order chi connectivity index (χ0) is 21.3. The molecule has 1 N–H and O–H groups in total. The first-order chi connectivity index (χ1) is 14.4. The summed E-state index contributed by atoms with van der Waals surface area (Å²) >= 11 is 6.01. The van der Waals surface area contributed by atoms with Gasteiger partial charge in [0.05, 0.1) is 6.61 Å². The average Bonchev–Trinajstić information content (AvgIpc) is 3.39. The number of nitrogens with zero attached hydrogens (tertiary/aromatic N) is 1. The largest absolute Gasteiger partial charge is 0.492 e. The average molecular weight is 451 g/mol. The van der Waals surface area contributed by atoms with Gasteiger partial charge in [0, 0.05) is 30.2 Å². The van der Waals surface area contributed by atoms with Crippen LogP contribution in [-0.2, 0) is 21.2 Å². The zero-order valence-corrected chi connectivity index (χ0v) is 18.1. The number of benzene rings is 2. The Morgan fingerprint density at radius 1 is 1.23 bits per heavy atom. The molecule has 0 spiro atoms. The van der Waals surface area contributed by atoms with E-state index in [9.17, 15) is 13.2 Å². The van der Waals surface area contributed by atoms with Crippen molar-refractivity contribution in [3.8, 4) is 11.5 Å². The van der Waals surface area contributed by atoms with Gasteiger partial charge >= 0.3 is 0 Å². The molecule has 1 unspecified atom stereocenters. The van der Waals surface area contributed by atoms with E-state index in [0.717, 1.165) is 18.4 Å². The molecule has 4 rings (SSSR count). The van der Waals surface area contributed by atoms with Crippen LogP contribution in [0.2, 0.25) is 5.02 Å². The third-order valence-corrected chi connectivity index (χ3v) is 7.34. The molecule has 9 heteroatoms. The maximum absolute atomic E-state index is 13.1. The number of sulfonamides is 1. The molecule has 0 radical (unpaired) electrons. The highest BCUT2D eigenvalue weighted by Gasteiger charge is 2.32. The summed E-state index contributed by atoms with van der Waals surface area (Å²) in [6, 6.07) is 9.89. The number of hydrogen-bond donors (Lipinski definition) is 1. The minimum Gasteiger partial charge on any atom is -0.492 e. The molecule has 160 valence electrons. The second kappa shape index (κ2) is 8.45. The molecule has 2 aliphatic rings. The van der Waals surface area contributed by atoms with Gasteiger partial charge in [0.2, 0.25) is 10.0 Å². The minimum absolute atomic E-state index is 0.0615. The second-order valence-corrected chi connectivity index (χ2v) is 9.60. The van der Waals surface area contributed by atoms with Crippen molar-refractivity contribution in [2.45, 2.75) is 37.2 Å². The number of carbonyl (C=O) groups excluding carboxylic acids is 1. The number of rotatable bonds is 6. The molecule has 1 atom stereocenters. The molecule has 1 fully saturated rings. The minimum atomic E-state index is -3.71. The lowest BCUT2D eigenvalue weighted by molar-refractivity contribution is -0.122. The number of anilines is 1. The van der Waals surface area contributed by atoms with Crippen LogP contribution >= 0.6 is 11.6 Å². The summed E-state index contributed by atoms with van der Waals surface area (Å²) in [5.41, 5.74) is 1.24. The summed E-state index contributed by atoms with van der Waals surface area (Å²) in [5.74, 6) is 0.557. The monoisotopic (exact) mass is 450 g/mol. The highest BCUT2D eigenvalue weighted by Crippen LogP contribution is 2.33. The van der Waals surface area contributed by atoms with Crippen molar-refractivity contribution in [1.29, 1.82) is 0 Å². The molecule has 2 aromatic carbocycles. The first-order valence-electron chi connectivity index (χ1n) is 9.91. The highest BCUT2D eigenvalue weighted by atomic mass is 35.5. The topological polar surface area (TPSA) is 84.9 Å². The molecule has 1 saturated heterocycles. The fraction of sp³-hybridized carbons (Fsp3) is 0.381. The van der Waals surface area contributed by atoms with E-state index in [4.69, 9.17) is 21.1 Å². The van der Waals surface area contributed by atoms with Gasteiger partial charge < -0.3 is 14.8 Å². The van der Waals surface area contributed by atoms with Gasteiger partial charge in [0.15, 0.2) is 6.10 Å². The van der Waals surface area contributed by atoms with Crippen LogP contribution in [0.1, 0.15) is 25.3 Å². The number of amides is 1. The summed E-state index contributed by atoms with van der Waals surface area (Å²) in [5, 5.41) is 3.36. The van der Waals surface area contributed by atoms with Gasteiger partial charge in [-0.2, -0.15) is 4.31 Å². The Morgan fingerprint density at radius 2 is 2.00 bits per heavy atom. The molecule has 0 aliphatic carbocycles. The van der Waals surface area contributed by atoms with Crippen molar-refractivity contribution in [3.63, 3.8) is 0 Å². The molecule has 0 saturated carbocycles. The van der Waals surface area contributed by atoms with Gasteiger partial charge in [-0.1, -0.05) is 11.6 Å². The van der Waals surface area contributed by atoms with Gasteiger partial charge in [-0.05, 0) is 61.7 Å². The summed E-state index contributed by atoms with van der Waals surface area (Å²) < 4.78 is 38.9. The SMILES string of the molecule is CCOc1ccc(NC(=O)C2Cc3cc(Cl)ccc3O2)cc1S(=O)(=O)N1CCCC1. The van der Waals surface area contributed by atoms with Crippen LogP contribution < -0.4 is 14.8 Å². The zero-order valence-electron chi connectivity index (χ0n) is 16.6. The van der Waals surface area contributed by atoms with Gasteiger partial charge in [-0.3, -0.25) is 4.79 Å². The Balaban J connectivity index is 1.55. The Morgan fingerprint density at radius 3 is 2.73 bits per heavy atom. The lowest BCUT2D eigenvalue weighted by atomic mass is 10.1. The van der Waals surface area contributed by atoms with Crippen LogP contribution in [0.15, 0.2) is 41.3 Å². The van der Waals surface area contributed by atoms with E-state index in [2.05, 4.69) is 5.32 Å². The lowest BCUT2D eigenvalue weighted by Crippen LogP contribution is -2.32. The molecule has 1 amide bonds. The van der Waals surface area contributed by atoms with Crippen molar-refractivity contribution in [2.24, 2.45) is 0 Å². The quantitative estimate of drug-likeness (QED) is 0.728. The van der Waals surface area contributed by atoms with Gasteiger partial charge in [-0.25, -0.2) is 8.42 Å².